The summed E-state index contributed by atoms with van der Waals surface area (Å²) in [6.07, 6.45) is 1.17. The number of hydrogen-bond donors (Lipinski definition) is 0. The van der Waals surface area contributed by atoms with Gasteiger partial charge in [0.1, 0.15) is 10.8 Å². The van der Waals surface area contributed by atoms with Crippen molar-refractivity contribution in [2.45, 2.75) is 19.8 Å². The topological polar surface area (TPSA) is 51.7 Å². The second-order valence-electron chi connectivity index (χ2n) is 5.44. The zero-order valence-electron chi connectivity index (χ0n) is 14.4. The third kappa shape index (κ3) is 5.32. The van der Waals surface area contributed by atoms with Crippen LogP contribution >= 0.6 is 11.3 Å². The van der Waals surface area contributed by atoms with Crippen molar-refractivity contribution in [3.63, 3.8) is 0 Å². The molecule has 2 rings (SSSR count). The Labute approximate surface area is 147 Å². The summed E-state index contributed by atoms with van der Waals surface area (Å²) in [6.45, 7) is 3.98. The van der Waals surface area contributed by atoms with E-state index in [1.165, 1.54) is 0 Å². The van der Waals surface area contributed by atoms with Crippen molar-refractivity contribution in [2.75, 3.05) is 33.9 Å². The van der Waals surface area contributed by atoms with Crippen molar-refractivity contribution in [1.29, 1.82) is 0 Å². The molecule has 0 radical (unpaired) electrons. The summed E-state index contributed by atoms with van der Waals surface area (Å²) in [5.74, 6) is 0.931. The van der Waals surface area contributed by atoms with Crippen molar-refractivity contribution in [2.24, 2.45) is 0 Å². The number of carbonyl (C=O) groups is 1. The average Bonchev–Trinajstić information content (AvgIpc) is 3.04. The van der Waals surface area contributed by atoms with Gasteiger partial charge in [-0.05, 0) is 37.6 Å². The number of methoxy groups -OCH3 is 1. The first-order valence-corrected chi connectivity index (χ1v) is 8.92. The van der Waals surface area contributed by atoms with Gasteiger partial charge in [-0.3, -0.25) is 4.79 Å². The Morgan fingerprint density at radius 2 is 2.04 bits per heavy atom. The molecule has 0 aliphatic heterocycles. The fraction of sp³-hybridized carbons (Fsp3) is 0.444. The van der Waals surface area contributed by atoms with E-state index < -0.39 is 0 Å². The van der Waals surface area contributed by atoms with Crippen LogP contribution in [0.15, 0.2) is 29.6 Å². The fourth-order valence-corrected chi connectivity index (χ4v) is 3.07. The van der Waals surface area contributed by atoms with Crippen LogP contribution in [0.25, 0.3) is 10.6 Å². The molecule has 1 amide bonds. The molecule has 130 valence electrons. The lowest BCUT2D eigenvalue weighted by atomic mass is 10.2. The van der Waals surface area contributed by atoms with Crippen LogP contribution in [0, 0.1) is 0 Å². The summed E-state index contributed by atoms with van der Waals surface area (Å²) >= 11 is 1.55. The Bertz CT molecular complexity index is 640. The maximum absolute atomic E-state index is 12.2. The molecule has 0 atom stereocenters. The van der Waals surface area contributed by atoms with Crippen LogP contribution in [-0.4, -0.2) is 49.7 Å². The van der Waals surface area contributed by atoms with Crippen LogP contribution in [0.2, 0.25) is 0 Å². The SMILES string of the molecule is CCOc1ccc(-c2nc(CC(=O)N(C)CCCOC)cs2)cc1. The van der Waals surface area contributed by atoms with Crippen molar-refractivity contribution < 1.29 is 14.3 Å². The summed E-state index contributed by atoms with van der Waals surface area (Å²) in [7, 11) is 3.48. The Morgan fingerprint density at radius 3 is 2.71 bits per heavy atom. The predicted octanol–water partition coefficient (Wildman–Crippen LogP) is 3.25. The minimum atomic E-state index is 0.0784. The number of benzene rings is 1. The summed E-state index contributed by atoms with van der Waals surface area (Å²) in [5.41, 5.74) is 1.85. The molecule has 5 nitrogen and oxygen atoms in total. The number of hydrogen-bond acceptors (Lipinski definition) is 5. The Hall–Kier alpha value is -1.92. The van der Waals surface area contributed by atoms with Gasteiger partial charge in [0.2, 0.25) is 5.91 Å². The summed E-state index contributed by atoms with van der Waals surface area (Å²) in [5, 5.41) is 2.87. The Kier molecular flexibility index (Phi) is 7.21. The molecule has 1 aromatic carbocycles. The van der Waals surface area contributed by atoms with Gasteiger partial charge >= 0.3 is 0 Å². The monoisotopic (exact) mass is 348 g/mol. The molecule has 6 heteroatoms. The van der Waals surface area contributed by atoms with E-state index in [0.29, 0.717) is 26.2 Å². The van der Waals surface area contributed by atoms with E-state index in [1.54, 1.807) is 23.3 Å². The molecule has 1 aromatic heterocycles. The molecule has 0 N–H and O–H groups in total. The normalized spacial score (nSPS) is 10.6. The smallest absolute Gasteiger partial charge is 0.228 e. The lowest BCUT2D eigenvalue weighted by Crippen LogP contribution is -2.29. The van der Waals surface area contributed by atoms with Gasteiger partial charge in [0.25, 0.3) is 0 Å². The van der Waals surface area contributed by atoms with Gasteiger partial charge in [0, 0.05) is 38.3 Å². The highest BCUT2D eigenvalue weighted by Gasteiger charge is 2.12. The number of aromatic nitrogens is 1. The average molecular weight is 348 g/mol. The molecular weight excluding hydrogens is 324 g/mol. The Balaban J connectivity index is 1.93. The van der Waals surface area contributed by atoms with Gasteiger partial charge in [-0.1, -0.05) is 0 Å². The van der Waals surface area contributed by atoms with Crippen LogP contribution in [0.4, 0.5) is 0 Å². The quantitative estimate of drug-likeness (QED) is 0.653. The van der Waals surface area contributed by atoms with Crippen LogP contribution in [0.1, 0.15) is 19.0 Å². The van der Waals surface area contributed by atoms with Gasteiger partial charge in [0.05, 0.1) is 18.7 Å². The fourth-order valence-electron chi connectivity index (χ4n) is 2.24. The van der Waals surface area contributed by atoms with Gasteiger partial charge in [-0.2, -0.15) is 0 Å². The van der Waals surface area contributed by atoms with Crippen LogP contribution in [-0.2, 0) is 16.0 Å². The highest BCUT2D eigenvalue weighted by atomic mass is 32.1. The second-order valence-corrected chi connectivity index (χ2v) is 6.30. The molecule has 0 fully saturated rings. The van der Waals surface area contributed by atoms with E-state index in [9.17, 15) is 4.79 Å². The maximum Gasteiger partial charge on any atom is 0.228 e. The highest BCUT2D eigenvalue weighted by molar-refractivity contribution is 7.13. The number of ether oxygens (including phenoxy) is 2. The van der Waals surface area contributed by atoms with E-state index in [4.69, 9.17) is 9.47 Å². The van der Waals surface area contributed by atoms with E-state index in [1.807, 2.05) is 43.6 Å². The largest absolute Gasteiger partial charge is 0.494 e. The lowest BCUT2D eigenvalue weighted by molar-refractivity contribution is -0.129. The molecule has 0 spiro atoms. The van der Waals surface area contributed by atoms with Gasteiger partial charge in [-0.25, -0.2) is 4.98 Å². The first-order valence-electron chi connectivity index (χ1n) is 8.04. The minimum Gasteiger partial charge on any atom is -0.494 e. The number of nitrogens with zero attached hydrogens (tertiary/aromatic N) is 2. The van der Waals surface area contributed by atoms with Crippen molar-refractivity contribution in [1.82, 2.24) is 9.88 Å². The second kappa shape index (κ2) is 9.39. The minimum absolute atomic E-state index is 0.0784. The summed E-state index contributed by atoms with van der Waals surface area (Å²) in [6, 6.07) is 7.86. The molecule has 0 unspecified atom stereocenters. The molecule has 2 aromatic rings. The predicted molar refractivity (Wildman–Crippen MR) is 96.6 cm³/mol. The highest BCUT2D eigenvalue weighted by Crippen LogP contribution is 2.26. The first-order chi connectivity index (χ1) is 11.6. The van der Waals surface area contributed by atoms with E-state index in [2.05, 4.69) is 4.98 Å². The summed E-state index contributed by atoms with van der Waals surface area (Å²) in [4.78, 5) is 18.5. The number of thiazole rings is 1. The number of amides is 1. The lowest BCUT2D eigenvalue weighted by Gasteiger charge is -2.16. The first kappa shape index (κ1) is 18.4. The van der Waals surface area contributed by atoms with Crippen molar-refractivity contribution in [3.05, 3.63) is 35.3 Å². The van der Waals surface area contributed by atoms with E-state index >= 15 is 0 Å². The van der Waals surface area contributed by atoms with Gasteiger partial charge in [0.15, 0.2) is 0 Å². The number of carbonyl (C=O) groups excluding carboxylic acids is 1. The van der Waals surface area contributed by atoms with Gasteiger partial charge in [-0.15, -0.1) is 11.3 Å². The van der Waals surface area contributed by atoms with Gasteiger partial charge < -0.3 is 14.4 Å². The third-order valence-corrected chi connectivity index (χ3v) is 4.50. The zero-order chi connectivity index (χ0) is 17.4. The zero-order valence-corrected chi connectivity index (χ0v) is 15.3. The molecule has 0 bridgehead atoms. The number of likely N-dealkylation sites (N-methyl/N-ethyl adjacent to an activating group) is 1. The summed E-state index contributed by atoms with van der Waals surface area (Å²) < 4.78 is 10.5. The molecular formula is C18H24N2O3S. The Morgan fingerprint density at radius 1 is 1.29 bits per heavy atom. The number of rotatable bonds is 9. The van der Waals surface area contributed by atoms with E-state index in [0.717, 1.165) is 28.4 Å². The van der Waals surface area contributed by atoms with Crippen LogP contribution in [0.5, 0.6) is 5.75 Å². The van der Waals surface area contributed by atoms with Crippen molar-refractivity contribution in [3.8, 4) is 16.3 Å². The molecule has 1 heterocycles. The molecule has 0 aliphatic rings. The molecule has 0 aliphatic carbocycles. The third-order valence-electron chi connectivity index (χ3n) is 3.56. The molecule has 24 heavy (non-hydrogen) atoms. The molecule has 0 saturated heterocycles. The maximum atomic E-state index is 12.2. The van der Waals surface area contributed by atoms with Crippen molar-refractivity contribution >= 4 is 17.2 Å². The van der Waals surface area contributed by atoms with Crippen LogP contribution < -0.4 is 4.74 Å². The van der Waals surface area contributed by atoms with Crippen LogP contribution in [0.3, 0.4) is 0 Å². The van der Waals surface area contributed by atoms with E-state index in [-0.39, 0.29) is 5.91 Å². The molecule has 0 saturated carbocycles. The standard InChI is InChI=1S/C18H24N2O3S/c1-4-23-16-8-6-14(7-9-16)18-19-15(13-24-18)12-17(21)20(2)10-5-11-22-3/h6-9,13H,4-5,10-12H2,1-3H3.